The molecule has 0 bridgehead atoms. The maximum Gasteiger partial charge on any atom is 0.307 e. The number of carboxylic acid groups (broad SMARTS) is 1. The molecule has 0 radical (unpaired) electrons. The normalized spacial score (nSPS) is 23.2. The topological polar surface area (TPSA) is 57.6 Å². The Morgan fingerprint density at radius 1 is 1.30 bits per heavy atom. The Balaban J connectivity index is 2.08. The van der Waals surface area contributed by atoms with Gasteiger partial charge in [0, 0.05) is 18.6 Å². The number of benzene rings is 1. The fourth-order valence-corrected chi connectivity index (χ4v) is 2.95. The molecular formula is C15H18ClNO3. The number of hydrogen-bond donors (Lipinski definition) is 1. The number of carboxylic acids is 1. The van der Waals surface area contributed by atoms with Crippen molar-refractivity contribution in [2.45, 2.75) is 20.4 Å². The molecule has 0 aliphatic heterocycles. The molecule has 20 heavy (non-hydrogen) atoms. The van der Waals surface area contributed by atoms with Crippen LogP contribution in [0.25, 0.3) is 0 Å². The van der Waals surface area contributed by atoms with E-state index >= 15 is 0 Å². The molecule has 5 heteroatoms. The highest BCUT2D eigenvalue weighted by Gasteiger charge is 2.66. The van der Waals surface area contributed by atoms with Crippen LogP contribution in [-0.4, -0.2) is 28.9 Å². The van der Waals surface area contributed by atoms with Crippen LogP contribution in [0.15, 0.2) is 24.3 Å². The van der Waals surface area contributed by atoms with E-state index in [2.05, 4.69) is 0 Å². The summed E-state index contributed by atoms with van der Waals surface area (Å²) in [6.45, 7) is 4.02. The number of hydrogen-bond acceptors (Lipinski definition) is 2. The minimum atomic E-state index is -0.903. The summed E-state index contributed by atoms with van der Waals surface area (Å²) in [6.07, 6.45) is 0. The zero-order valence-electron chi connectivity index (χ0n) is 11.8. The van der Waals surface area contributed by atoms with Crippen molar-refractivity contribution >= 4 is 23.5 Å². The summed E-state index contributed by atoms with van der Waals surface area (Å²) in [7, 11) is 1.68. The molecule has 108 valence electrons. The fourth-order valence-electron chi connectivity index (χ4n) is 2.76. The minimum absolute atomic E-state index is 0.137. The third-order valence-electron chi connectivity index (χ3n) is 4.10. The van der Waals surface area contributed by atoms with E-state index in [1.165, 1.54) is 0 Å². The van der Waals surface area contributed by atoms with Gasteiger partial charge in [0.1, 0.15) is 0 Å². The fraction of sp³-hybridized carbons (Fsp3) is 0.467. The molecule has 0 spiro atoms. The van der Waals surface area contributed by atoms with E-state index in [9.17, 15) is 9.59 Å². The highest BCUT2D eigenvalue weighted by atomic mass is 35.5. The molecule has 1 fully saturated rings. The molecule has 2 rings (SSSR count). The van der Waals surface area contributed by atoms with Crippen LogP contribution in [0.2, 0.25) is 5.02 Å². The number of aliphatic carboxylic acids is 1. The van der Waals surface area contributed by atoms with Gasteiger partial charge in [-0.15, -0.1) is 0 Å². The first-order valence-corrected chi connectivity index (χ1v) is 6.85. The summed E-state index contributed by atoms with van der Waals surface area (Å²) in [5, 5.41) is 9.74. The summed E-state index contributed by atoms with van der Waals surface area (Å²) in [6, 6.07) is 7.33. The summed E-state index contributed by atoms with van der Waals surface area (Å²) in [4.78, 5) is 25.1. The molecule has 1 saturated carbocycles. The molecule has 1 aromatic rings. The number of rotatable bonds is 4. The first-order valence-electron chi connectivity index (χ1n) is 6.48. The van der Waals surface area contributed by atoms with Crippen molar-refractivity contribution < 1.29 is 14.7 Å². The number of nitrogens with zero attached hydrogens (tertiary/aromatic N) is 1. The molecule has 4 nitrogen and oxygen atoms in total. The first-order chi connectivity index (χ1) is 9.26. The predicted octanol–water partition coefficient (Wildman–Crippen LogP) is 2.66. The zero-order chi connectivity index (χ0) is 15.1. The van der Waals surface area contributed by atoms with Gasteiger partial charge < -0.3 is 10.0 Å². The SMILES string of the molecule is CN(Cc1ccccc1Cl)C(=O)[C@H]1[C@@H](C(=O)O)C1(C)C. The van der Waals surface area contributed by atoms with Gasteiger partial charge in [0.15, 0.2) is 0 Å². The van der Waals surface area contributed by atoms with E-state index in [4.69, 9.17) is 16.7 Å². The Kier molecular flexibility index (Phi) is 3.78. The molecule has 1 N–H and O–H groups in total. The lowest BCUT2D eigenvalue weighted by molar-refractivity contribution is -0.141. The Bertz CT molecular complexity index is 556. The van der Waals surface area contributed by atoms with Gasteiger partial charge in [0.25, 0.3) is 0 Å². The molecule has 1 aliphatic carbocycles. The van der Waals surface area contributed by atoms with Gasteiger partial charge in [-0.3, -0.25) is 9.59 Å². The van der Waals surface area contributed by atoms with Gasteiger partial charge in [0.05, 0.1) is 11.8 Å². The van der Waals surface area contributed by atoms with Crippen LogP contribution in [0, 0.1) is 17.3 Å². The van der Waals surface area contributed by atoms with Gasteiger partial charge in [-0.25, -0.2) is 0 Å². The number of carbonyl (C=O) groups is 2. The van der Waals surface area contributed by atoms with E-state index in [1.54, 1.807) is 18.0 Å². The Hall–Kier alpha value is -1.55. The van der Waals surface area contributed by atoms with E-state index < -0.39 is 23.2 Å². The van der Waals surface area contributed by atoms with Crippen molar-refractivity contribution in [1.82, 2.24) is 4.90 Å². The quantitative estimate of drug-likeness (QED) is 0.929. The Labute approximate surface area is 123 Å². The summed E-state index contributed by atoms with van der Waals surface area (Å²) in [5.41, 5.74) is 0.382. The summed E-state index contributed by atoms with van der Waals surface area (Å²) in [5.74, 6) is -2.09. The van der Waals surface area contributed by atoms with Crippen molar-refractivity contribution in [2.24, 2.45) is 17.3 Å². The smallest absolute Gasteiger partial charge is 0.307 e. The lowest BCUT2D eigenvalue weighted by atomic mass is 10.1. The van der Waals surface area contributed by atoms with Crippen LogP contribution >= 0.6 is 11.6 Å². The van der Waals surface area contributed by atoms with Gasteiger partial charge >= 0.3 is 5.97 Å². The van der Waals surface area contributed by atoms with Crippen LogP contribution < -0.4 is 0 Å². The molecule has 1 aromatic carbocycles. The molecule has 1 aliphatic rings. The van der Waals surface area contributed by atoms with Crippen molar-refractivity contribution in [3.8, 4) is 0 Å². The Morgan fingerprint density at radius 3 is 2.40 bits per heavy atom. The number of halogens is 1. The number of amides is 1. The van der Waals surface area contributed by atoms with Crippen molar-refractivity contribution in [1.29, 1.82) is 0 Å². The molecule has 1 amide bonds. The van der Waals surface area contributed by atoms with Gasteiger partial charge in [0.2, 0.25) is 5.91 Å². The van der Waals surface area contributed by atoms with Crippen LogP contribution in [0.5, 0.6) is 0 Å². The molecule has 2 atom stereocenters. The molecule has 0 aromatic heterocycles. The monoisotopic (exact) mass is 295 g/mol. The van der Waals surface area contributed by atoms with Gasteiger partial charge in [-0.2, -0.15) is 0 Å². The predicted molar refractivity (Wildman–Crippen MR) is 76.3 cm³/mol. The summed E-state index contributed by atoms with van der Waals surface area (Å²) >= 11 is 6.07. The average Bonchev–Trinajstić information content (AvgIpc) is 2.94. The molecular weight excluding hydrogens is 278 g/mol. The number of carbonyl (C=O) groups excluding carboxylic acids is 1. The highest BCUT2D eigenvalue weighted by Crippen LogP contribution is 2.59. The standard InChI is InChI=1S/C15H18ClNO3/c1-15(2)11(12(15)14(19)20)13(18)17(3)8-9-6-4-5-7-10(9)16/h4-7,11-12H,8H2,1-3H3,(H,19,20)/t11-,12+/m1/s1. The van der Waals surface area contributed by atoms with Crippen molar-refractivity contribution in [3.05, 3.63) is 34.9 Å². The minimum Gasteiger partial charge on any atom is -0.481 e. The van der Waals surface area contributed by atoms with Crippen LogP contribution in [0.3, 0.4) is 0 Å². The molecule has 0 saturated heterocycles. The van der Waals surface area contributed by atoms with Crippen LogP contribution in [0.4, 0.5) is 0 Å². The highest BCUT2D eigenvalue weighted by molar-refractivity contribution is 6.31. The second-order valence-electron chi connectivity index (χ2n) is 5.90. The van der Waals surface area contributed by atoms with E-state index in [1.807, 2.05) is 32.0 Å². The first kappa shape index (κ1) is 14.9. The third kappa shape index (κ3) is 2.52. The Morgan fingerprint density at radius 2 is 1.90 bits per heavy atom. The maximum absolute atomic E-state index is 12.4. The lowest BCUT2D eigenvalue weighted by Gasteiger charge is -2.18. The van der Waals surface area contributed by atoms with Crippen LogP contribution in [-0.2, 0) is 16.1 Å². The van der Waals surface area contributed by atoms with Gasteiger partial charge in [-0.05, 0) is 17.0 Å². The van der Waals surface area contributed by atoms with Crippen molar-refractivity contribution in [2.75, 3.05) is 7.05 Å². The molecule has 0 unspecified atom stereocenters. The largest absolute Gasteiger partial charge is 0.481 e. The second kappa shape index (κ2) is 5.09. The zero-order valence-corrected chi connectivity index (χ0v) is 12.5. The average molecular weight is 296 g/mol. The summed E-state index contributed by atoms with van der Waals surface area (Å²) < 4.78 is 0. The second-order valence-corrected chi connectivity index (χ2v) is 6.31. The van der Waals surface area contributed by atoms with E-state index in [-0.39, 0.29) is 5.91 Å². The molecule has 0 heterocycles. The van der Waals surface area contributed by atoms with Crippen molar-refractivity contribution in [3.63, 3.8) is 0 Å². The maximum atomic E-state index is 12.4. The third-order valence-corrected chi connectivity index (χ3v) is 4.47. The van der Waals surface area contributed by atoms with Crippen LogP contribution in [0.1, 0.15) is 19.4 Å². The lowest BCUT2D eigenvalue weighted by Crippen LogP contribution is -2.29. The van der Waals surface area contributed by atoms with E-state index in [0.717, 1.165) is 5.56 Å². The van der Waals surface area contributed by atoms with E-state index in [0.29, 0.717) is 11.6 Å². The van der Waals surface area contributed by atoms with Gasteiger partial charge in [-0.1, -0.05) is 43.6 Å².